The van der Waals surface area contributed by atoms with Crippen LogP contribution in [-0.4, -0.2) is 18.6 Å². The molecule has 0 aliphatic heterocycles. The van der Waals surface area contributed by atoms with Crippen molar-refractivity contribution in [3.63, 3.8) is 0 Å². The van der Waals surface area contributed by atoms with Gasteiger partial charge in [0, 0.05) is 0 Å². The number of nitrogens with two attached hydrogens (primary N) is 1. The number of hydrogen-bond acceptors (Lipinski definition) is 3. The Hall–Kier alpha value is -0.280. The molecule has 74 valence electrons. The number of esters is 1. The molecule has 3 nitrogen and oxygen atoms in total. The van der Waals surface area contributed by atoms with E-state index < -0.39 is 5.54 Å². The van der Waals surface area contributed by atoms with Gasteiger partial charge in [-0.2, -0.15) is 0 Å². The molecule has 0 bridgehead atoms. The molecule has 0 unspecified atom stereocenters. The van der Waals surface area contributed by atoms with Gasteiger partial charge in [0.1, 0.15) is 5.54 Å². The SMILES string of the molecule is COC(=O)[C@](C)(N)C(C)(C)C.Cl. The topological polar surface area (TPSA) is 52.3 Å². The predicted octanol–water partition coefficient (Wildman–Crippen LogP) is 1.34. The van der Waals surface area contributed by atoms with Gasteiger partial charge in [-0.25, -0.2) is 0 Å². The molecule has 0 saturated heterocycles. The third-order valence-corrected chi connectivity index (χ3v) is 2.17. The molecule has 0 saturated carbocycles. The van der Waals surface area contributed by atoms with Crippen molar-refractivity contribution in [1.29, 1.82) is 0 Å². The van der Waals surface area contributed by atoms with E-state index >= 15 is 0 Å². The first kappa shape index (κ1) is 14.3. The average Bonchev–Trinajstić information content (AvgIpc) is 1.83. The van der Waals surface area contributed by atoms with Crippen LogP contribution >= 0.6 is 12.4 Å². The highest BCUT2D eigenvalue weighted by Gasteiger charge is 2.41. The maximum Gasteiger partial charge on any atom is 0.326 e. The van der Waals surface area contributed by atoms with Crippen LogP contribution in [0.4, 0.5) is 0 Å². The van der Waals surface area contributed by atoms with Crippen molar-refractivity contribution < 1.29 is 9.53 Å². The van der Waals surface area contributed by atoms with E-state index in [0.717, 1.165) is 0 Å². The van der Waals surface area contributed by atoms with E-state index in [-0.39, 0.29) is 23.8 Å². The van der Waals surface area contributed by atoms with Gasteiger partial charge in [0.05, 0.1) is 7.11 Å². The van der Waals surface area contributed by atoms with Gasteiger partial charge in [-0.05, 0) is 12.3 Å². The minimum absolute atomic E-state index is 0. The van der Waals surface area contributed by atoms with Gasteiger partial charge < -0.3 is 10.5 Å². The fraction of sp³-hybridized carbons (Fsp3) is 0.875. The maximum atomic E-state index is 11.1. The molecule has 0 aromatic carbocycles. The third-order valence-electron chi connectivity index (χ3n) is 2.17. The highest BCUT2D eigenvalue weighted by atomic mass is 35.5. The minimum Gasteiger partial charge on any atom is -0.468 e. The van der Waals surface area contributed by atoms with Crippen molar-refractivity contribution in [1.82, 2.24) is 0 Å². The summed E-state index contributed by atoms with van der Waals surface area (Å²) in [5, 5.41) is 0. The van der Waals surface area contributed by atoms with Gasteiger partial charge >= 0.3 is 5.97 Å². The number of rotatable bonds is 1. The van der Waals surface area contributed by atoms with Gasteiger partial charge in [-0.1, -0.05) is 20.8 Å². The Bertz CT molecular complexity index is 161. The molecule has 0 rings (SSSR count). The van der Waals surface area contributed by atoms with Crippen LogP contribution < -0.4 is 5.73 Å². The summed E-state index contributed by atoms with van der Waals surface area (Å²) in [5.41, 5.74) is 4.58. The van der Waals surface area contributed by atoms with E-state index in [9.17, 15) is 4.79 Å². The van der Waals surface area contributed by atoms with Gasteiger partial charge in [-0.15, -0.1) is 12.4 Å². The van der Waals surface area contributed by atoms with E-state index in [1.54, 1.807) is 6.92 Å². The Morgan fingerprint density at radius 2 is 1.58 bits per heavy atom. The van der Waals surface area contributed by atoms with E-state index in [4.69, 9.17) is 5.73 Å². The number of carbonyl (C=O) groups excluding carboxylic acids is 1. The van der Waals surface area contributed by atoms with Crippen molar-refractivity contribution in [3.8, 4) is 0 Å². The first-order chi connectivity index (χ1) is 4.73. The lowest BCUT2D eigenvalue weighted by Crippen LogP contribution is -2.55. The quantitative estimate of drug-likeness (QED) is 0.643. The Labute approximate surface area is 80.1 Å². The molecule has 0 aromatic rings. The zero-order chi connectivity index (χ0) is 9.28. The van der Waals surface area contributed by atoms with E-state index in [1.165, 1.54) is 7.11 Å². The average molecular weight is 196 g/mol. The van der Waals surface area contributed by atoms with Gasteiger partial charge in [0.15, 0.2) is 0 Å². The van der Waals surface area contributed by atoms with Crippen LogP contribution in [0, 0.1) is 5.41 Å². The minimum atomic E-state index is -0.915. The monoisotopic (exact) mass is 195 g/mol. The van der Waals surface area contributed by atoms with E-state index in [2.05, 4.69) is 4.74 Å². The Balaban J connectivity index is 0. The molecule has 0 aromatic heterocycles. The molecule has 0 heterocycles. The number of ether oxygens (including phenoxy) is 1. The number of halogens is 1. The first-order valence-corrected chi connectivity index (χ1v) is 3.61. The largest absolute Gasteiger partial charge is 0.468 e. The highest BCUT2D eigenvalue weighted by Crippen LogP contribution is 2.28. The predicted molar refractivity (Wildman–Crippen MR) is 51.3 cm³/mol. The molecule has 0 aliphatic carbocycles. The standard InChI is InChI=1S/C8H17NO2.ClH/c1-7(2,3)8(4,9)6(10)11-5;/h9H2,1-5H3;1H/t8-;/m0./s1. The summed E-state index contributed by atoms with van der Waals surface area (Å²) in [6.07, 6.45) is 0. The summed E-state index contributed by atoms with van der Waals surface area (Å²) in [7, 11) is 1.35. The molecular weight excluding hydrogens is 178 g/mol. The zero-order valence-corrected chi connectivity index (χ0v) is 9.12. The van der Waals surface area contributed by atoms with E-state index in [0.29, 0.717) is 0 Å². The molecule has 0 amide bonds. The number of methoxy groups -OCH3 is 1. The molecule has 12 heavy (non-hydrogen) atoms. The second-order valence-electron chi connectivity index (χ2n) is 3.94. The van der Waals surface area contributed by atoms with Crippen LogP contribution in [0.1, 0.15) is 27.7 Å². The van der Waals surface area contributed by atoms with Gasteiger partial charge in [-0.3, -0.25) is 4.79 Å². The zero-order valence-electron chi connectivity index (χ0n) is 8.30. The summed E-state index contributed by atoms with van der Waals surface area (Å²) in [6, 6.07) is 0. The Kier molecular flexibility index (Phi) is 4.87. The van der Waals surface area contributed by atoms with Crippen molar-refractivity contribution in [2.45, 2.75) is 33.2 Å². The van der Waals surface area contributed by atoms with Crippen LogP contribution in [0.25, 0.3) is 0 Å². The lowest BCUT2D eigenvalue weighted by atomic mass is 9.76. The molecule has 0 aliphatic rings. The van der Waals surface area contributed by atoms with Crippen LogP contribution in [-0.2, 0) is 9.53 Å². The highest BCUT2D eigenvalue weighted by molar-refractivity contribution is 5.85. The summed E-state index contributed by atoms with van der Waals surface area (Å²) in [6.45, 7) is 7.40. The Morgan fingerprint density at radius 3 is 1.67 bits per heavy atom. The molecule has 0 spiro atoms. The van der Waals surface area contributed by atoms with Gasteiger partial charge in [0.2, 0.25) is 0 Å². The van der Waals surface area contributed by atoms with Crippen molar-refractivity contribution in [3.05, 3.63) is 0 Å². The van der Waals surface area contributed by atoms with Crippen molar-refractivity contribution >= 4 is 18.4 Å². The number of carbonyl (C=O) groups is 1. The normalized spacial score (nSPS) is 15.8. The summed E-state index contributed by atoms with van der Waals surface area (Å²) in [4.78, 5) is 11.1. The fourth-order valence-electron chi connectivity index (χ4n) is 0.518. The first-order valence-electron chi connectivity index (χ1n) is 3.61. The molecule has 0 radical (unpaired) electrons. The molecule has 1 atom stereocenters. The van der Waals surface area contributed by atoms with Crippen LogP contribution in [0.5, 0.6) is 0 Å². The van der Waals surface area contributed by atoms with Crippen molar-refractivity contribution in [2.24, 2.45) is 11.1 Å². The lowest BCUT2D eigenvalue weighted by Gasteiger charge is -2.35. The molecule has 2 N–H and O–H groups in total. The molecule has 0 fully saturated rings. The van der Waals surface area contributed by atoms with E-state index in [1.807, 2.05) is 20.8 Å². The summed E-state index contributed by atoms with van der Waals surface area (Å²) >= 11 is 0. The van der Waals surface area contributed by atoms with Crippen LogP contribution in [0.2, 0.25) is 0 Å². The summed E-state index contributed by atoms with van der Waals surface area (Å²) in [5.74, 6) is -0.370. The smallest absolute Gasteiger partial charge is 0.326 e. The lowest BCUT2D eigenvalue weighted by molar-refractivity contribution is -0.150. The summed E-state index contributed by atoms with van der Waals surface area (Å²) < 4.78 is 4.58. The third kappa shape index (κ3) is 2.64. The second-order valence-corrected chi connectivity index (χ2v) is 3.94. The van der Waals surface area contributed by atoms with Crippen molar-refractivity contribution in [2.75, 3.05) is 7.11 Å². The van der Waals surface area contributed by atoms with Crippen LogP contribution in [0.15, 0.2) is 0 Å². The molecular formula is C8H18ClNO2. The molecule has 4 heteroatoms. The maximum absolute atomic E-state index is 11.1. The second kappa shape index (κ2) is 4.10. The Morgan fingerprint density at radius 1 is 1.25 bits per heavy atom. The van der Waals surface area contributed by atoms with Crippen LogP contribution in [0.3, 0.4) is 0 Å². The van der Waals surface area contributed by atoms with Gasteiger partial charge in [0.25, 0.3) is 0 Å². The number of hydrogen-bond donors (Lipinski definition) is 1. The fourth-order valence-corrected chi connectivity index (χ4v) is 0.518.